The lowest BCUT2D eigenvalue weighted by Crippen LogP contribution is -2.15. The molecule has 1 atom stereocenters. The van der Waals surface area contributed by atoms with Gasteiger partial charge in [0.1, 0.15) is 5.82 Å². The van der Waals surface area contributed by atoms with Crippen LogP contribution in [0.5, 0.6) is 0 Å². The van der Waals surface area contributed by atoms with Gasteiger partial charge in [0, 0.05) is 11.1 Å². The number of nitrogens with zero attached hydrogens (tertiary/aromatic N) is 2. The van der Waals surface area contributed by atoms with Crippen LogP contribution in [-0.2, 0) is 10.0 Å². The Labute approximate surface area is 157 Å². The molecule has 3 aromatic rings. The van der Waals surface area contributed by atoms with E-state index in [2.05, 4.69) is 20.2 Å². The predicted octanol–water partition coefficient (Wildman–Crippen LogP) is 4.10. The van der Waals surface area contributed by atoms with Gasteiger partial charge in [-0.2, -0.15) is 0 Å². The number of hydrogen-bond donors (Lipinski definition) is 2. The van der Waals surface area contributed by atoms with Crippen LogP contribution in [0, 0.1) is 0 Å². The van der Waals surface area contributed by atoms with E-state index in [1.807, 2.05) is 37.3 Å². The molecule has 0 aliphatic heterocycles. The van der Waals surface area contributed by atoms with Crippen LogP contribution in [0.2, 0.25) is 5.02 Å². The van der Waals surface area contributed by atoms with Crippen molar-refractivity contribution in [3.8, 4) is 0 Å². The lowest BCUT2D eigenvalue weighted by atomic mass is 10.1. The van der Waals surface area contributed by atoms with E-state index in [0.29, 0.717) is 10.8 Å². The topological polar surface area (TPSA) is 84.0 Å². The van der Waals surface area contributed by atoms with Crippen LogP contribution < -0.4 is 10.0 Å². The molecule has 0 fully saturated rings. The van der Waals surface area contributed by atoms with Crippen molar-refractivity contribution >= 4 is 33.3 Å². The number of hydrogen-bond acceptors (Lipinski definition) is 5. The van der Waals surface area contributed by atoms with E-state index in [1.165, 1.54) is 12.1 Å². The Morgan fingerprint density at radius 2 is 1.62 bits per heavy atom. The van der Waals surface area contributed by atoms with Gasteiger partial charge in [0.2, 0.25) is 0 Å². The minimum absolute atomic E-state index is 0.0412. The van der Waals surface area contributed by atoms with E-state index < -0.39 is 10.0 Å². The van der Waals surface area contributed by atoms with Gasteiger partial charge in [0.25, 0.3) is 10.0 Å². The molecule has 0 spiro atoms. The molecule has 1 aromatic heterocycles. The van der Waals surface area contributed by atoms with Gasteiger partial charge >= 0.3 is 0 Å². The van der Waals surface area contributed by atoms with E-state index in [-0.39, 0.29) is 16.8 Å². The van der Waals surface area contributed by atoms with Gasteiger partial charge in [-0.05, 0) is 42.8 Å². The lowest BCUT2D eigenvalue weighted by Gasteiger charge is -2.14. The lowest BCUT2D eigenvalue weighted by molar-refractivity contribution is 0.601. The molecule has 6 nitrogen and oxygen atoms in total. The van der Waals surface area contributed by atoms with Crippen molar-refractivity contribution in [2.24, 2.45) is 0 Å². The molecule has 0 aliphatic carbocycles. The van der Waals surface area contributed by atoms with Crippen LogP contribution in [-0.4, -0.2) is 18.6 Å². The number of nitrogens with one attached hydrogen (secondary N) is 2. The van der Waals surface area contributed by atoms with E-state index in [4.69, 9.17) is 11.6 Å². The molecule has 1 unspecified atom stereocenters. The second kappa shape index (κ2) is 7.72. The Kier molecular flexibility index (Phi) is 5.39. The van der Waals surface area contributed by atoms with Crippen LogP contribution in [0.3, 0.4) is 0 Å². The fourth-order valence-electron chi connectivity index (χ4n) is 2.34. The van der Waals surface area contributed by atoms with Crippen molar-refractivity contribution in [2.75, 3.05) is 10.0 Å². The van der Waals surface area contributed by atoms with Crippen molar-refractivity contribution < 1.29 is 8.42 Å². The number of rotatable bonds is 6. The van der Waals surface area contributed by atoms with E-state index >= 15 is 0 Å². The molecule has 0 aliphatic rings. The number of sulfonamides is 1. The summed E-state index contributed by atoms with van der Waals surface area (Å²) in [7, 11) is -3.77. The number of halogens is 1. The smallest absolute Gasteiger partial charge is 0.263 e. The maximum Gasteiger partial charge on any atom is 0.263 e. The zero-order valence-electron chi connectivity index (χ0n) is 13.9. The van der Waals surface area contributed by atoms with Gasteiger partial charge in [-0.25, -0.2) is 8.42 Å². The number of anilines is 2. The van der Waals surface area contributed by atoms with E-state index in [0.717, 1.165) is 5.56 Å². The first-order valence-corrected chi connectivity index (χ1v) is 9.74. The molecular formula is C18H17ClN4O2S. The van der Waals surface area contributed by atoms with Gasteiger partial charge < -0.3 is 5.32 Å². The van der Waals surface area contributed by atoms with Crippen LogP contribution >= 0.6 is 11.6 Å². The van der Waals surface area contributed by atoms with Crippen LogP contribution in [0.4, 0.5) is 11.6 Å². The minimum Gasteiger partial charge on any atom is -0.362 e. The van der Waals surface area contributed by atoms with Crippen molar-refractivity contribution in [1.82, 2.24) is 10.2 Å². The molecule has 0 bridgehead atoms. The van der Waals surface area contributed by atoms with E-state index in [9.17, 15) is 8.42 Å². The molecule has 1 heterocycles. The summed E-state index contributed by atoms with van der Waals surface area (Å²) >= 11 is 5.85. The Morgan fingerprint density at radius 1 is 0.923 bits per heavy atom. The van der Waals surface area contributed by atoms with Crippen molar-refractivity contribution in [1.29, 1.82) is 0 Å². The predicted molar refractivity (Wildman–Crippen MR) is 103 cm³/mol. The maximum absolute atomic E-state index is 12.3. The Balaban J connectivity index is 1.70. The second-order valence-electron chi connectivity index (χ2n) is 5.64. The molecule has 134 valence electrons. The molecule has 8 heteroatoms. The van der Waals surface area contributed by atoms with Crippen LogP contribution in [0.1, 0.15) is 18.5 Å². The molecule has 2 aromatic carbocycles. The maximum atomic E-state index is 12.3. The summed E-state index contributed by atoms with van der Waals surface area (Å²) in [4.78, 5) is 0.0618. The van der Waals surface area contributed by atoms with Gasteiger partial charge in [-0.15, -0.1) is 10.2 Å². The van der Waals surface area contributed by atoms with Gasteiger partial charge in [-0.3, -0.25) is 4.72 Å². The SMILES string of the molecule is CC(Nc1ccc(NS(=O)(=O)c2cccc(Cl)c2)nn1)c1ccccc1. The Bertz CT molecular complexity index is 980. The summed E-state index contributed by atoms with van der Waals surface area (Å²) in [5.74, 6) is 0.676. The highest BCUT2D eigenvalue weighted by Gasteiger charge is 2.15. The quantitative estimate of drug-likeness (QED) is 0.664. The van der Waals surface area contributed by atoms with Crippen LogP contribution in [0.15, 0.2) is 71.6 Å². The average Bonchev–Trinajstić information content (AvgIpc) is 2.64. The Hall–Kier alpha value is -2.64. The molecule has 0 saturated carbocycles. The van der Waals surface area contributed by atoms with Crippen LogP contribution in [0.25, 0.3) is 0 Å². The Morgan fingerprint density at radius 3 is 2.27 bits per heavy atom. The first-order chi connectivity index (χ1) is 12.4. The highest BCUT2D eigenvalue weighted by molar-refractivity contribution is 7.92. The van der Waals surface area contributed by atoms with Gasteiger partial charge in [-0.1, -0.05) is 48.0 Å². The molecule has 0 radical (unpaired) electrons. The third-order valence-electron chi connectivity index (χ3n) is 3.67. The fraction of sp³-hybridized carbons (Fsp3) is 0.111. The zero-order valence-corrected chi connectivity index (χ0v) is 15.5. The summed E-state index contributed by atoms with van der Waals surface area (Å²) in [6.07, 6.45) is 0. The third-order valence-corrected chi connectivity index (χ3v) is 5.26. The summed E-state index contributed by atoms with van der Waals surface area (Å²) in [6, 6.07) is 19.2. The summed E-state index contributed by atoms with van der Waals surface area (Å²) in [5, 5.41) is 11.5. The number of aromatic nitrogens is 2. The van der Waals surface area contributed by atoms with Crippen molar-refractivity contribution in [3.63, 3.8) is 0 Å². The number of benzene rings is 2. The monoisotopic (exact) mass is 388 g/mol. The van der Waals surface area contributed by atoms with Crippen molar-refractivity contribution in [3.05, 3.63) is 77.3 Å². The standard InChI is InChI=1S/C18H17ClN4O2S/c1-13(14-6-3-2-4-7-14)20-17-10-11-18(22-21-17)23-26(24,25)16-9-5-8-15(19)12-16/h2-13H,1H3,(H,20,21)(H,22,23). The summed E-state index contributed by atoms with van der Waals surface area (Å²) in [6.45, 7) is 2.01. The third kappa shape index (κ3) is 4.50. The van der Waals surface area contributed by atoms with E-state index in [1.54, 1.807) is 24.3 Å². The molecule has 3 rings (SSSR count). The first-order valence-electron chi connectivity index (χ1n) is 7.88. The van der Waals surface area contributed by atoms with Gasteiger partial charge in [0.15, 0.2) is 5.82 Å². The molecule has 26 heavy (non-hydrogen) atoms. The van der Waals surface area contributed by atoms with Gasteiger partial charge in [0.05, 0.1) is 4.90 Å². The minimum atomic E-state index is -3.77. The fourth-order valence-corrected chi connectivity index (χ4v) is 3.64. The summed E-state index contributed by atoms with van der Waals surface area (Å²) in [5.41, 5.74) is 1.11. The first kappa shape index (κ1) is 18.2. The summed E-state index contributed by atoms with van der Waals surface area (Å²) < 4.78 is 27.1. The second-order valence-corrected chi connectivity index (χ2v) is 7.76. The molecule has 0 amide bonds. The highest BCUT2D eigenvalue weighted by atomic mass is 35.5. The molecular weight excluding hydrogens is 372 g/mol. The highest BCUT2D eigenvalue weighted by Crippen LogP contribution is 2.20. The van der Waals surface area contributed by atoms with Crippen molar-refractivity contribution in [2.45, 2.75) is 17.9 Å². The average molecular weight is 389 g/mol. The molecule has 2 N–H and O–H groups in total. The largest absolute Gasteiger partial charge is 0.362 e. The molecule has 0 saturated heterocycles. The normalized spacial score (nSPS) is 12.4. The zero-order chi connectivity index (χ0) is 18.6.